The van der Waals surface area contributed by atoms with E-state index in [0.29, 0.717) is 35.0 Å². The lowest BCUT2D eigenvalue weighted by atomic mass is 9.50. The number of hydrazone groups is 1. The molecule has 0 saturated carbocycles. The Labute approximate surface area is 180 Å². The predicted molar refractivity (Wildman–Crippen MR) is 107 cm³/mol. The third kappa shape index (κ3) is 2.69. The predicted octanol–water partition coefficient (Wildman–Crippen LogP) is -2.30. The maximum Gasteiger partial charge on any atom is 0.252 e. The lowest BCUT2D eigenvalue weighted by molar-refractivity contribution is -0.942. The first kappa shape index (κ1) is 21.5. The second-order valence-electron chi connectivity index (χ2n) is 8.54. The maximum absolute atomic E-state index is 12.1. The van der Waals surface area contributed by atoms with Crippen LogP contribution >= 0.6 is 0 Å². The summed E-state index contributed by atoms with van der Waals surface area (Å²) in [6.07, 6.45) is 7.02. The van der Waals surface area contributed by atoms with Crippen LogP contribution in [0.2, 0.25) is 0 Å². The Bertz CT molecular complexity index is 946. The van der Waals surface area contributed by atoms with Gasteiger partial charge >= 0.3 is 0 Å². The van der Waals surface area contributed by atoms with E-state index in [2.05, 4.69) is 18.7 Å². The minimum absolute atomic E-state index is 0. The van der Waals surface area contributed by atoms with Gasteiger partial charge in [-0.1, -0.05) is 12.6 Å². The van der Waals surface area contributed by atoms with Gasteiger partial charge in [-0.3, -0.25) is 4.79 Å². The number of benzene rings is 1. The molecule has 1 aromatic rings. The lowest BCUT2D eigenvalue weighted by Gasteiger charge is -2.63. The molecule has 0 aromatic heterocycles. The Morgan fingerprint density at radius 2 is 2.21 bits per heavy atom. The molecule has 29 heavy (non-hydrogen) atoms. The van der Waals surface area contributed by atoms with E-state index in [1.807, 2.05) is 12.1 Å². The first-order valence-corrected chi connectivity index (χ1v) is 9.51. The van der Waals surface area contributed by atoms with Crippen molar-refractivity contribution in [3.63, 3.8) is 0 Å². The summed E-state index contributed by atoms with van der Waals surface area (Å²) in [6, 6.07) is 3.30. The van der Waals surface area contributed by atoms with Crippen molar-refractivity contribution in [2.24, 2.45) is 16.7 Å². The molecule has 1 aromatic carbocycles. The normalized spacial score (nSPS) is 35.9. The number of quaternary nitrogens is 1. The number of allylic oxidation sites excluding steroid dienone is 1. The number of carbonyl (C=O) groups excluding carboxylic acids is 1. The number of hydrogen-bond donors (Lipinski definition) is 4. The van der Waals surface area contributed by atoms with Crippen molar-refractivity contribution in [1.29, 1.82) is 0 Å². The number of likely N-dealkylation sites (tertiary alicyclic amines) is 1. The number of fused-ring (bicyclic) bond motifs is 1. The number of phenols is 1. The summed E-state index contributed by atoms with van der Waals surface area (Å²) in [7, 11) is 2.14. The van der Waals surface area contributed by atoms with Crippen molar-refractivity contribution in [3.05, 3.63) is 53.6 Å². The van der Waals surface area contributed by atoms with Crippen molar-refractivity contribution in [2.75, 3.05) is 20.1 Å². The minimum atomic E-state index is -1.21. The summed E-state index contributed by atoms with van der Waals surface area (Å²) in [5, 5.41) is 27.0. The third-order valence-electron chi connectivity index (χ3n) is 7.22. The van der Waals surface area contributed by atoms with Gasteiger partial charge in [0.15, 0.2) is 0 Å². The Hall–Kier alpha value is -2.16. The molecule has 4 atom stereocenters. The van der Waals surface area contributed by atoms with Gasteiger partial charge in [0.2, 0.25) is 0 Å². The summed E-state index contributed by atoms with van der Waals surface area (Å²) < 4.78 is 0.652. The summed E-state index contributed by atoms with van der Waals surface area (Å²) in [4.78, 5) is 11.9. The van der Waals surface area contributed by atoms with Crippen molar-refractivity contribution in [2.45, 2.75) is 36.3 Å². The molecule has 1 saturated heterocycles. The van der Waals surface area contributed by atoms with Gasteiger partial charge in [0.1, 0.15) is 17.4 Å². The number of aliphatic hydroxyl groups is 1. The Morgan fingerprint density at radius 3 is 2.83 bits per heavy atom. The van der Waals surface area contributed by atoms with Crippen LogP contribution in [0, 0.1) is 0 Å². The van der Waals surface area contributed by atoms with Gasteiger partial charge in [-0.15, -0.1) is 0 Å². The molecule has 156 valence electrons. The van der Waals surface area contributed by atoms with E-state index in [4.69, 9.17) is 11.6 Å². The average Bonchev–Trinajstić information content (AvgIpc) is 2.64. The van der Waals surface area contributed by atoms with Crippen molar-refractivity contribution < 1.29 is 36.5 Å². The SMILES string of the molecule is C=CC[N+]1(C)CC[C@]23C/C(=N\N)C=C[C@@]2(O)[C@H]1Cc1ccc(C(N)=O)c(O)c13.[Br-]. The number of hydrogen-bond acceptors (Lipinski definition) is 5. The van der Waals surface area contributed by atoms with E-state index in [1.54, 1.807) is 18.2 Å². The van der Waals surface area contributed by atoms with Gasteiger partial charge in [0.25, 0.3) is 5.91 Å². The first-order valence-electron chi connectivity index (χ1n) is 9.51. The van der Waals surface area contributed by atoms with E-state index >= 15 is 0 Å². The number of nitrogens with two attached hydrogens (primary N) is 2. The Kier molecular flexibility index (Phi) is 5.18. The van der Waals surface area contributed by atoms with Crippen LogP contribution in [0.25, 0.3) is 0 Å². The number of likely N-dealkylation sites (N-methyl/N-ethyl adjacent to an activating group) is 1. The van der Waals surface area contributed by atoms with E-state index in [1.165, 1.54) is 0 Å². The number of primary amides is 1. The van der Waals surface area contributed by atoms with E-state index < -0.39 is 16.9 Å². The molecular formula is C21H27BrN4O3. The zero-order valence-corrected chi connectivity index (χ0v) is 18.0. The fraction of sp³-hybridized carbons (Fsp3) is 0.429. The number of rotatable bonds is 3. The highest BCUT2D eigenvalue weighted by Gasteiger charge is 2.68. The number of nitrogens with zero attached hydrogens (tertiary/aromatic N) is 2. The van der Waals surface area contributed by atoms with E-state index in [0.717, 1.165) is 18.7 Å². The fourth-order valence-corrected chi connectivity index (χ4v) is 5.82. The van der Waals surface area contributed by atoms with Gasteiger partial charge in [-0.25, -0.2) is 0 Å². The van der Waals surface area contributed by atoms with Gasteiger partial charge in [-0.05, 0) is 29.9 Å². The minimum Gasteiger partial charge on any atom is -1.00 e. The number of halogens is 1. The summed E-state index contributed by atoms with van der Waals surface area (Å²) in [6.45, 7) is 5.43. The second-order valence-corrected chi connectivity index (χ2v) is 8.54. The molecule has 4 rings (SSSR count). The number of aromatic hydroxyl groups is 1. The van der Waals surface area contributed by atoms with E-state index in [-0.39, 0.29) is 34.3 Å². The molecular weight excluding hydrogens is 436 g/mol. The smallest absolute Gasteiger partial charge is 0.252 e. The topological polar surface area (TPSA) is 122 Å². The molecule has 1 aliphatic heterocycles. The van der Waals surface area contributed by atoms with Gasteiger partial charge in [0.05, 0.1) is 31.4 Å². The van der Waals surface area contributed by atoms with Crippen molar-refractivity contribution >= 4 is 11.6 Å². The molecule has 1 fully saturated rings. The maximum atomic E-state index is 12.1. The molecule has 0 spiro atoms. The average molecular weight is 463 g/mol. The van der Waals surface area contributed by atoms with Crippen LogP contribution in [0.15, 0.2) is 42.0 Å². The second kappa shape index (κ2) is 6.97. The molecule has 8 heteroatoms. The molecule has 7 nitrogen and oxygen atoms in total. The van der Waals surface area contributed by atoms with Crippen LogP contribution in [0.5, 0.6) is 5.75 Å². The number of carbonyl (C=O) groups is 1. The zero-order chi connectivity index (χ0) is 20.3. The molecule has 1 unspecified atom stereocenters. The monoisotopic (exact) mass is 462 g/mol. The Morgan fingerprint density at radius 1 is 1.48 bits per heavy atom. The first-order chi connectivity index (χ1) is 13.2. The standard InChI is InChI=1S/C21H26N4O3.BrH/c1-3-9-25(2)10-8-20-12-14(24-23)6-7-21(20,28)16(25)11-13-4-5-15(19(22)27)18(26)17(13)20;/h3-7,16,28H,1,8-12,23H2,2H3,(H2-,22,26,27);1H/b24-14-;/t16-,20-,21-,25?;/m1./s1. The third-order valence-corrected chi connectivity index (χ3v) is 7.22. The molecule has 3 aliphatic rings. The van der Waals surface area contributed by atoms with Gasteiger partial charge in [0, 0.05) is 30.2 Å². The molecule has 1 heterocycles. The molecule has 6 N–H and O–H groups in total. The van der Waals surface area contributed by atoms with Crippen LogP contribution in [0.3, 0.4) is 0 Å². The fourth-order valence-electron chi connectivity index (χ4n) is 5.82. The summed E-state index contributed by atoms with van der Waals surface area (Å²) in [5.74, 6) is 4.75. The van der Waals surface area contributed by atoms with Crippen LogP contribution < -0.4 is 28.6 Å². The van der Waals surface area contributed by atoms with Gasteiger partial charge in [-0.2, -0.15) is 5.10 Å². The Balaban J connectivity index is 0.00000240. The molecule has 2 aliphatic carbocycles. The number of piperidine rings is 1. The largest absolute Gasteiger partial charge is 1.00 e. The van der Waals surface area contributed by atoms with Crippen LogP contribution in [0.1, 0.15) is 34.3 Å². The quantitative estimate of drug-likeness (QED) is 0.174. The molecule has 0 radical (unpaired) electrons. The molecule has 2 bridgehead atoms. The number of amides is 1. The summed E-state index contributed by atoms with van der Waals surface area (Å²) in [5.41, 5.74) is 5.72. The lowest BCUT2D eigenvalue weighted by Crippen LogP contribution is -3.00. The van der Waals surface area contributed by atoms with Crippen LogP contribution in [-0.4, -0.2) is 58.1 Å². The molecule has 1 amide bonds. The highest BCUT2D eigenvalue weighted by Crippen LogP contribution is 2.59. The summed E-state index contributed by atoms with van der Waals surface area (Å²) >= 11 is 0. The highest BCUT2D eigenvalue weighted by molar-refractivity contribution is 5.99. The van der Waals surface area contributed by atoms with Crippen LogP contribution in [-0.2, 0) is 11.8 Å². The van der Waals surface area contributed by atoms with Crippen LogP contribution in [0.4, 0.5) is 0 Å². The highest BCUT2D eigenvalue weighted by atomic mass is 79.9. The van der Waals surface area contributed by atoms with Crippen molar-refractivity contribution in [3.8, 4) is 5.75 Å². The zero-order valence-electron chi connectivity index (χ0n) is 16.4. The van der Waals surface area contributed by atoms with Gasteiger partial charge < -0.3 is 43.3 Å². The van der Waals surface area contributed by atoms with Crippen molar-refractivity contribution in [1.82, 2.24) is 0 Å². The van der Waals surface area contributed by atoms with E-state index in [9.17, 15) is 15.0 Å².